The minimum absolute atomic E-state index is 0.416. The molecule has 0 saturated heterocycles. The van der Waals surface area contributed by atoms with Crippen molar-refractivity contribution in [2.75, 3.05) is 0 Å². The second-order valence-corrected chi connectivity index (χ2v) is 4.27. The van der Waals surface area contributed by atoms with Crippen LogP contribution in [0.25, 0.3) is 0 Å². The zero-order valence-electron chi connectivity index (χ0n) is 7.78. The highest BCUT2D eigenvalue weighted by Crippen LogP contribution is 2.21. The third-order valence-corrected chi connectivity index (χ3v) is 1.79. The summed E-state index contributed by atoms with van der Waals surface area (Å²) >= 11 is 0. The van der Waals surface area contributed by atoms with Gasteiger partial charge in [-0.25, -0.2) is 0 Å². The van der Waals surface area contributed by atoms with E-state index in [1.807, 2.05) is 0 Å². The summed E-state index contributed by atoms with van der Waals surface area (Å²) in [7, 11) is 0. The Labute approximate surface area is 65.0 Å². The molecule has 0 aliphatic rings. The molecule has 0 amide bonds. The molecule has 1 atom stereocenters. The van der Waals surface area contributed by atoms with Gasteiger partial charge in [0, 0.05) is 6.04 Å². The third-order valence-electron chi connectivity index (χ3n) is 1.79. The van der Waals surface area contributed by atoms with Crippen LogP contribution in [0.15, 0.2) is 0 Å². The highest BCUT2D eigenvalue weighted by atomic mass is 14.6. The van der Waals surface area contributed by atoms with Gasteiger partial charge in [-0.05, 0) is 24.7 Å². The van der Waals surface area contributed by atoms with Gasteiger partial charge in [0.15, 0.2) is 0 Å². The minimum atomic E-state index is 0.416. The molecular weight excluding hydrogens is 122 g/mol. The summed E-state index contributed by atoms with van der Waals surface area (Å²) in [6, 6.07) is 0.416. The fourth-order valence-electron chi connectivity index (χ4n) is 0.823. The van der Waals surface area contributed by atoms with Gasteiger partial charge in [-0.1, -0.05) is 27.7 Å². The maximum atomic E-state index is 5.78. The highest BCUT2D eigenvalue weighted by molar-refractivity contribution is 4.66. The average molecular weight is 143 g/mol. The molecule has 0 bridgehead atoms. The SMILES string of the molecule is CC[C@@H](N)CCC(C)(C)C. The van der Waals surface area contributed by atoms with Gasteiger partial charge in [-0.2, -0.15) is 0 Å². The maximum Gasteiger partial charge on any atom is 0.00364 e. The molecule has 0 aromatic rings. The van der Waals surface area contributed by atoms with Crippen molar-refractivity contribution in [1.29, 1.82) is 0 Å². The van der Waals surface area contributed by atoms with E-state index in [9.17, 15) is 0 Å². The molecule has 10 heavy (non-hydrogen) atoms. The Balaban J connectivity index is 3.36. The fourth-order valence-corrected chi connectivity index (χ4v) is 0.823. The van der Waals surface area contributed by atoms with E-state index in [4.69, 9.17) is 5.73 Å². The van der Waals surface area contributed by atoms with Crippen LogP contribution in [0.1, 0.15) is 47.0 Å². The van der Waals surface area contributed by atoms with Crippen LogP contribution in [0, 0.1) is 5.41 Å². The van der Waals surface area contributed by atoms with E-state index in [1.165, 1.54) is 12.8 Å². The van der Waals surface area contributed by atoms with E-state index in [0.717, 1.165) is 6.42 Å². The van der Waals surface area contributed by atoms with Crippen molar-refractivity contribution < 1.29 is 0 Å². The number of hydrogen-bond acceptors (Lipinski definition) is 1. The lowest BCUT2D eigenvalue weighted by atomic mass is 9.88. The van der Waals surface area contributed by atoms with Gasteiger partial charge in [0.1, 0.15) is 0 Å². The van der Waals surface area contributed by atoms with Gasteiger partial charge in [-0.15, -0.1) is 0 Å². The Morgan fingerprint density at radius 2 is 1.80 bits per heavy atom. The molecule has 0 aliphatic carbocycles. The standard InChI is InChI=1S/C9H21N/c1-5-8(10)6-7-9(2,3)4/h8H,5-7,10H2,1-4H3/t8-/m1/s1. The molecule has 62 valence electrons. The lowest BCUT2D eigenvalue weighted by Gasteiger charge is -2.19. The number of nitrogens with two attached hydrogens (primary N) is 1. The molecule has 1 heteroatoms. The predicted molar refractivity (Wildman–Crippen MR) is 47.0 cm³/mol. The molecule has 0 aliphatic heterocycles. The zero-order valence-corrected chi connectivity index (χ0v) is 7.78. The first kappa shape index (κ1) is 9.96. The molecule has 0 aromatic heterocycles. The van der Waals surface area contributed by atoms with Crippen LogP contribution in [0.2, 0.25) is 0 Å². The second-order valence-electron chi connectivity index (χ2n) is 4.27. The average Bonchev–Trinajstić information content (AvgIpc) is 1.81. The predicted octanol–water partition coefficient (Wildman–Crippen LogP) is 2.55. The summed E-state index contributed by atoms with van der Waals surface area (Å²) < 4.78 is 0. The van der Waals surface area contributed by atoms with E-state index < -0.39 is 0 Å². The van der Waals surface area contributed by atoms with Crippen molar-refractivity contribution in [2.45, 2.75) is 53.0 Å². The minimum Gasteiger partial charge on any atom is -0.328 e. The quantitative estimate of drug-likeness (QED) is 0.645. The molecule has 0 fully saturated rings. The summed E-state index contributed by atoms with van der Waals surface area (Å²) in [5.74, 6) is 0. The normalized spacial score (nSPS) is 15.3. The largest absolute Gasteiger partial charge is 0.328 e. The Morgan fingerprint density at radius 1 is 1.30 bits per heavy atom. The van der Waals surface area contributed by atoms with Crippen LogP contribution >= 0.6 is 0 Å². The summed E-state index contributed by atoms with van der Waals surface area (Å²) in [5, 5.41) is 0. The fraction of sp³-hybridized carbons (Fsp3) is 1.00. The van der Waals surface area contributed by atoms with Crippen LogP contribution in [-0.4, -0.2) is 6.04 Å². The molecule has 0 spiro atoms. The zero-order chi connectivity index (χ0) is 8.20. The molecule has 1 nitrogen and oxygen atoms in total. The lowest BCUT2D eigenvalue weighted by molar-refractivity contribution is 0.346. The van der Waals surface area contributed by atoms with Gasteiger partial charge in [-0.3, -0.25) is 0 Å². The van der Waals surface area contributed by atoms with Gasteiger partial charge in [0.05, 0.1) is 0 Å². The van der Waals surface area contributed by atoms with Crippen LogP contribution in [-0.2, 0) is 0 Å². The van der Waals surface area contributed by atoms with E-state index >= 15 is 0 Å². The lowest BCUT2D eigenvalue weighted by Crippen LogP contribution is -2.21. The third kappa shape index (κ3) is 6.09. The summed E-state index contributed by atoms with van der Waals surface area (Å²) in [5.41, 5.74) is 6.23. The molecule has 0 unspecified atom stereocenters. The Kier molecular flexibility index (Phi) is 3.95. The summed E-state index contributed by atoms with van der Waals surface area (Å²) in [6.07, 6.45) is 3.51. The second kappa shape index (κ2) is 3.97. The van der Waals surface area contributed by atoms with Crippen molar-refractivity contribution in [3.63, 3.8) is 0 Å². The maximum absolute atomic E-state index is 5.78. The van der Waals surface area contributed by atoms with Crippen LogP contribution in [0.4, 0.5) is 0 Å². The van der Waals surface area contributed by atoms with Gasteiger partial charge in [0.25, 0.3) is 0 Å². The number of rotatable bonds is 3. The Bertz CT molecular complexity index is 81.2. The Hall–Kier alpha value is -0.0400. The van der Waals surface area contributed by atoms with Crippen LogP contribution < -0.4 is 5.73 Å². The van der Waals surface area contributed by atoms with E-state index in [-0.39, 0.29) is 0 Å². The smallest absolute Gasteiger partial charge is 0.00364 e. The summed E-state index contributed by atoms with van der Waals surface area (Å²) in [4.78, 5) is 0. The first-order chi connectivity index (χ1) is 4.45. The topological polar surface area (TPSA) is 26.0 Å². The molecule has 0 aromatic carbocycles. The van der Waals surface area contributed by atoms with E-state index in [2.05, 4.69) is 27.7 Å². The molecule has 0 radical (unpaired) electrons. The summed E-state index contributed by atoms with van der Waals surface area (Å²) in [6.45, 7) is 8.92. The van der Waals surface area contributed by atoms with E-state index in [0.29, 0.717) is 11.5 Å². The molecule has 0 heterocycles. The molecule has 0 rings (SSSR count). The Morgan fingerprint density at radius 3 is 2.10 bits per heavy atom. The van der Waals surface area contributed by atoms with Crippen molar-refractivity contribution in [1.82, 2.24) is 0 Å². The number of hydrogen-bond donors (Lipinski definition) is 1. The van der Waals surface area contributed by atoms with Crippen molar-refractivity contribution in [2.24, 2.45) is 11.1 Å². The monoisotopic (exact) mass is 143 g/mol. The van der Waals surface area contributed by atoms with Crippen molar-refractivity contribution in [3.05, 3.63) is 0 Å². The van der Waals surface area contributed by atoms with Crippen molar-refractivity contribution in [3.8, 4) is 0 Å². The highest BCUT2D eigenvalue weighted by Gasteiger charge is 2.11. The van der Waals surface area contributed by atoms with Crippen LogP contribution in [0.5, 0.6) is 0 Å². The van der Waals surface area contributed by atoms with Gasteiger partial charge >= 0.3 is 0 Å². The first-order valence-electron chi connectivity index (χ1n) is 4.21. The van der Waals surface area contributed by atoms with E-state index in [1.54, 1.807) is 0 Å². The van der Waals surface area contributed by atoms with Crippen LogP contribution in [0.3, 0.4) is 0 Å². The van der Waals surface area contributed by atoms with Gasteiger partial charge < -0.3 is 5.73 Å². The van der Waals surface area contributed by atoms with Crippen molar-refractivity contribution >= 4 is 0 Å². The van der Waals surface area contributed by atoms with Gasteiger partial charge in [0.2, 0.25) is 0 Å². The molecule has 2 N–H and O–H groups in total. The molecule has 0 saturated carbocycles. The molecular formula is C9H21N. The first-order valence-corrected chi connectivity index (χ1v) is 4.21.